The van der Waals surface area contributed by atoms with Crippen molar-refractivity contribution >= 4 is 23.5 Å². The first-order valence-corrected chi connectivity index (χ1v) is 5.61. The van der Waals surface area contributed by atoms with Crippen LogP contribution in [0, 0.1) is 0 Å². The number of aromatic nitrogens is 1. The second-order valence-electron chi connectivity index (χ2n) is 4.08. The zero-order valence-corrected chi connectivity index (χ0v) is 10.7. The first-order valence-electron chi connectivity index (χ1n) is 5.24. The summed E-state index contributed by atoms with van der Waals surface area (Å²) in [5.74, 6) is -1.52. The molecular formula is C11H15ClN2O3. The molecule has 1 unspecified atom stereocenters. The lowest BCUT2D eigenvalue weighted by atomic mass is 10.3. The summed E-state index contributed by atoms with van der Waals surface area (Å²) in [4.78, 5) is 22.5. The smallest absolute Gasteiger partial charge is 0.325 e. The molecule has 0 aromatic carbocycles. The lowest BCUT2D eigenvalue weighted by Crippen LogP contribution is -2.39. The molecule has 1 atom stereocenters. The minimum absolute atomic E-state index is 0.0726. The van der Waals surface area contributed by atoms with Crippen LogP contribution in [-0.2, 0) is 4.79 Å². The Labute approximate surface area is 104 Å². The van der Waals surface area contributed by atoms with Gasteiger partial charge in [-0.3, -0.25) is 9.59 Å². The molecule has 17 heavy (non-hydrogen) atoms. The van der Waals surface area contributed by atoms with Crippen molar-refractivity contribution < 1.29 is 14.7 Å². The van der Waals surface area contributed by atoms with E-state index in [2.05, 4.69) is 5.32 Å². The predicted octanol–water partition coefficient (Wildman–Crippen LogP) is 1.93. The molecule has 0 spiro atoms. The number of rotatable bonds is 4. The number of hydrogen-bond acceptors (Lipinski definition) is 2. The second kappa shape index (κ2) is 5.23. The van der Waals surface area contributed by atoms with E-state index in [-0.39, 0.29) is 6.04 Å². The highest BCUT2D eigenvalue weighted by Crippen LogP contribution is 2.18. The van der Waals surface area contributed by atoms with E-state index in [1.807, 2.05) is 13.8 Å². The summed E-state index contributed by atoms with van der Waals surface area (Å²) in [5.41, 5.74) is 0.359. The summed E-state index contributed by atoms with van der Waals surface area (Å²) < 4.78 is 1.70. The van der Waals surface area contributed by atoms with Crippen LogP contribution in [0.25, 0.3) is 0 Å². The van der Waals surface area contributed by atoms with Gasteiger partial charge in [0.15, 0.2) is 0 Å². The number of carboxylic acids is 1. The third kappa shape index (κ3) is 3.23. The maximum absolute atomic E-state index is 11.8. The molecule has 5 nitrogen and oxygen atoms in total. The van der Waals surface area contributed by atoms with Crippen molar-refractivity contribution in [1.82, 2.24) is 9.88 Å². The molecule has 0 bridgehead atoms. The fourth-order valence-corrected chi connectivity index (χ4v) is 1.60. The molecule has 0 aliphatic rings. The summed E-state index contributed by atoms with van der Waals surface area (Å²) in [6.45, 7) is 5.23. The number of nitrogens with one attached hydrogen (secondary N) is 1. The molecule has 0 fully saturated rings. The number of carbonyl (C=O) groups excluding carboxylic acids is 1. The van der Waals surface area contributed by atoms with Crippen LogP contribution in [0.1, 0.15) is 37.3 Å². The van der Waals surface area contributed by atoms with Crippen LogP contribution >= 0.6 is 11.6 Å². The Kier molecular flexibility index (Phi) is 4.17. The molecule has 1 heterocycles. The number of carboxylic acid groups (broad SMARTS) is 1. The fourth-order valence-electron chi connectivity index (χ4n) is 1.39. The van der Waals surface area contributed by atoms with Crippen molar-refractivity contribution in [2.75, 3.05) is 0 Å². The summed E-state index contributed by atoms with van der Waals surface area (Å²) >= 11 is 5.84. The molecule has 0 radical (unpaired) electrons. The molecule has 0 aliphatic heterocycles. The van der Waals surface area contributed by atoms with Crippen molar-refractivity contribution in [3.05, 3.63) is 23.0 Å². The van der Waals surface area contributed by atoms with Crippen LogP contribution in [0.4, 0.5) is 0 Å². The maximum atomic E-state index is 11.8. The monoisotopic (exact) mass is 258 g/mol. The number of nitrogens with zero attached hydrogens (tertiary/aromatic N) is 1. The van der Waals surface area contributed by atoms with E-state index in [4.69, 9.17) is 16.7 Å². The van der Waals surface area contributed by atoms with E-state index in [9.17, 15) is 9.59 Å². The van der Waals surface area contributed by atoms with Crippen molar-refractivity contribution in [3.63, 3.8) is 0 Å². The Morgan fingerprint density at radius 1 is 1.41 bits per heavy atom. The highest BCUT2D eigenvalue weighted by atomic mass is 35.5. The number of halogens is 1. The van der Waals surface area contributed by atoms with Crippen molar-refractivity contribution in [1.29, 1.82) is 0 Å². The largest absolute Gasteiger partial charge is 0.480 e. The number of amides is 1. The molecule has 1 aromatic heterocycles. The molecule has 94 valence electrons. The third-order valence-electron chi connectivity index (χ3n) is 2.32. The number of hydrogen-bond donors (Lipinski definition) is 2. The van der Waals surface area contributed by atoms with Crippen LogP contribution in [0.5, 0.6) is 0 Å². The average Bonchev–Trinajstić information content (AvgIpc) is 2.60. The van der Waals surface area contributed by atoms with Gasteiger partial charge in [-0.05, 0) is 26.8 Å². The van der Waals surface area contributed by atoms with Crippen molar-refractivity contribution in [3.8, 4) is 0 Å². The topological polar surface area (TPSA) is 71.3 Å². The standard InChI is InChI=1S/C11H15ClN2O3/c1-6(2)14-5-8(12)4-9(14)10(15)13-7(3)11(16)17/h4-7H,1-3H3,(H,13,15)(H,16,17). The van der Waals surface area contributed by atoms with Gasteiger partial charge in [0, 0.05) is 12.2 Å². The number of aliphatic carboxylic acids is 1. The Morgan fingerprint density at radius 2 is 2.00 bits per heavy atom. The zero-order chi connectivity index (χ0) is 13.2. The highest BCUT2D eigenvalue weighted by Gasteiger charge is 2.19. The minimum atomic E-state index is -1.08. The Morgan fingerprint density at radius 3 is 2.47 bits per heavy atom. The van der Waals surface area contributed by atoms with Gasteiger partial charge >= 0.3 is 5.97 Å². The van der Waals surface area contributed by atoms with Crippen LogP contribution in [0.3, 0.4) is 0 Å². The summed E-state index contributed by atoms with van der Waals surface area (Å²) in [7, 11) is 0. The SMILES string of the molecule is CC(NC(=O)c1cc(Cl)cn1C(C)C)C(=O)O. The van der Waals surface area contributed by atoms with Gasteiger partial charge in [-0.25, -0.2) is 0 Å². The van der Waals surface area contributed by atoms with Gasteiger partial charge in [0.1, 0.15) is 11.7 Å². The highest BCUT2D eigenvalue weighted by molar-refractivity contribution is 6.31. The maximum Gasteiger partial charge on any atom is 0.325 e. The van der Waals surface area contributed by atoms with Gasteiger partial charge in [0.05, 0.1) is 5.02 Å². The first kappa shape index (κ1) is 13.6. The van der Waals surface area contributed by atoms with Gasteiger partial charge in [0.25, 0.3) is 5.91 Å². The molecule has 2 N–H and O–H groups in total. The molecule has 1 amide bonds. The van der Waals surface area contributed by atoms with E-state index in [0.29, 0.717) is 10.7 Å². The van der Waals surface area contributed by atoms with Gasteiger partial charge in [-0.15, -0.1) is 0 Å². The zero-order valence-electron chi connectivity index (χ0n) is 9.90. The summed E-state index contributed by atoms with van der Waals surface area (Å²) in [6, 6.07) is 0.658. The quantitative estimate of drug-likeness (QED) is 0.867. The van der Waals surface area contributed by atoms with E-state index in [1.165, 1.54) is 13.0 Å². The van der Waals surface area contributed by atoms with Crippen LogP contribution in [-0.4, -0.2) is 27.6 Å². The van der Waals surface area contributed by atoms with Crippen LogP contribution < -0.4 is 5.32 Å². The summed E-state index contributed by atoms with van der Waals surface area (Å²) in [5, 5.41) is 11.6. The van der Waals surface area contributed by atoms with Gasteiger partial charge < -0.3 is 15.0 Å². The molecular weight excluding hydrogens is 244 g/mol. The summed E-state index contributed by atoms with van der Waals surface area (Å²) in [6.07, 6.45) is 1.65. The third-order valence-corrected chi connectivity index (χ3v) is 2.53. The molecule has 1 rings (SSSR count). The van der Waals surface area contributed by atoms with E-state index in [1.54, 1.807) is 10.8 Å². The Hall–Kier alpha value is -1.49. The van der Waals surface area contributed by atoms with Crippen LogP contribution in [0.2, 0.25) is 5.02 Å². The molecule has 0 saturated heterocycles. The lowest BCUT2D eigenvalue weighted by molar-refractivity contribution is -0.138. The van der Waals surface area contributed by atoms with E-state index < -0.39 is 17.9 Å². The number of carbonyl (C=O) groups is 2. The van der Waals surface area contributed by atoms with Gasteiger partial charge in [0.2, 0.25) is 0 Å². The Bertz CT molecular complexity index is 440. The Balaban J connectivity index is 2.92. The second-order valence-corrected chi connectivity index (χ2v) is 4.51. The van der Waals surface area contributed by atoms with Gasteiger partial charge in [-0.2, -0.15) is 0 Å². The first-order chi connectivity index (χ1) is 7.82. The van der Waals surface area contributed by atoms with Crippen molar-refractivity contribution in [2.24, 2.45) is 0 Å². The van der Waals surface area contributed by atoms with E-state index in [0.717, 1.165) is 0 Å². The normalized spacial score (nSPS) is 12.5. The van der Waals surface area contributed by atoms with Crippen molar-refractivity contribution in [2.45, 2.75) is 32.9 Å². The predicted molar refractivity (Wildman–Crippen MR) is 64.4 cm³/mol. The molecule has 0 aliphatic carbocycles. The average molecular weight is 259 g/mol. The fraction of sp³-hybridized carbons (Fsp3) is 0.455. The van der Waals surface area contributed by atoms with Crippen LogP contribution in [0.15, 0.2) is 12.3 Å². The molecule has 6 heteroatoms. The van der Waals surface area contributed by atoms with Gasteiger partial charge in [-0.1, -0.05) is 11.6 Å². The minimum Gasteiger partial charge on any atom is -0.480 e. The molecule has 0 saturated carbocycles. The van der Waals surface area contributed by atoms with E-state index >= 15 is 0 Å². The lowest BCUT2D eigenvalue weighted by Gasteiger charge is -2.14. The molecule has 1 aromatic rings.